The molecule has 1 saturated heterocycles. The van der Waals surface area contributed by atoms with Gasteiger partial charge < -0.3 is 10.1 Å². The van der Waals surface area contributed by atoms with Gasteiger partial charge in [-0.25, -0.2) is 0 Å². The fraction of sp³-hybridized carbons (Fsp3) is 0.857. The maximum Gasteiger partial charge on any atom is 0.307 e. The second kappa shape index (κ2) is 6.32. The number of ketones is 1. The van der Waals surface area contributed by atoms with Crippen molar-refractivity contribution in [1.82, 2.24) is 0 Å². The first-order chi connectivity index (χ1) is 8.33. The van der Waals surface area contributed by atoms with Gasteiger partial charge in [-0.3, -0.25) is 9.59 Å². The van der Waals surface area contributed by atoms with Gasteiger partial charge in [0.15, 0.2) is 0 Å². The molecule has 0 amide bonds. The molecular formula is C14H26NO3+. The van der Waals surface area contributed by atoms with Crippen molar-refractivity contribution in [2.75, 3.05) is 13.1 Å². The van der Waals surface area contributed by atoms with Gasteiger partial charge in [0.05, 0.1) is 19.5 Å². The largest absolute Gasteiger partial charge is 0.459 e. The standard InChI is InChI=1S/C14H25NO3/c1-10(11(2)16)9-13(17)18-14(3,4)12-5-7-15-8-6-12/h10,12,15H,5-9H2,1-4H3/p+1. The van der Waals surface area contributed by atoms with Gasteiger partial charge in [0.2, 0.25) is 0 Å². The van der Waals surface area contributed by atoms with Crippen LogP contribution in [0.1, 0.15) is 47.0 Å². The zero-order valence-electron chi connectivity index (χ0n) is 12.0. The zero-order valence-corrected chi connectivity index (χ0v) is 12.0. The van der Waals surface area contributed by atoms with Crippen molar-refractivity contribution in [2.24, 2.45) is 11.8 Å². The third-order valence-corrected chi connectivity index (χ3v) is 3.97. The van der Waals surface area contributed by atoms with Gasteiger partial charge in [-0.1, -0.05) is 6.92 Å². The molecule has 18 heavy (non-hydrogen) atoms. The van der Waals surface area contributed by atoms with Gasteiger partial charge in [-0.2, -0.15) is 0 Å². The molecule has 4 heteroatoms. The van der Waals surface area contributed by atoms with Crippen LogP contribution in [0.25, 0.3) is 0 Å². The van der Waals surface area contributed by atoms with Crippen LogP contribution in [0.2, 0.25) is 0 Å². The Balaban J connectivity index is 2.48. The number of esters is 1. The summed E-state index contributed by atoms with van der Waals surface area (Å²) in [6, 6.07) is 0. The summed E-state index contributed by atoms with van der Waals surface area (Å²) in [6.45, 7) is 9.47. The average molecular weight is 256 g/mol. The molecule has 0 radical (unpaired) electrons. The van der Waals surface area contributed by atoms with E-state index in [2.05, 4.69) is 5.32 Å². The molecule has 104 valence electrons. The van der Waals surface area contributed by atoms with Crippen LogP contribution in [-0.4, -0.2) is 30.4 Å². The molecule has 0 aliphatic carbocycles. The van der Waals surface area contributed by atoms with Crippen LogP contribution in [0, 0.1) is 11.8 Å². The molecule has 1 heterocycles. The first-order valence-electron chi connectivity index (χ1n) is 6.87. The van der Waals surface area contributed by atoms with Crippen LogP contribution in [0.3, 0.4) is 0 Å². The van der Waals surface area contributed by atoms with Gasteiger partial charge in [-0.15, -0.1) is 0 Å². The summed E-state index contributed by atoms with van der Waals surface area (Å²) in [4.78, 5) is 23.0. The molecule has 0 aromatic heterocycles. The Hall–Kier alpha value is -0.900. The first-order valence-corrected chi connectivity index (χ1v) is 6.87. The maximum atomic E-state index is 11.8. The van der Waals surface area contributed by atoms with Crippen LogP contribution in [0.4, 0.5) is 0 Å². The normalized spacial score (nSPS) is 19.3. The highest BCUT2D eigenvalue weighted by Crippen LogP contribution is 2.28. The summed E-state index contributed by atoms with van der Waals surface area (Å²) >= 11 is 0. The molecule has 0 bridgehead atoms. The Labute approximate surface area is 109 Å². The van der Waals surface area contributed by atoms with Crippen molar-refractivity contribution in [3.63, 3.8) is 0 Å². The number of piperidine rings is 1. The molecule has 1 fully saturated rings. The monoisotopic (exact) mass is 256 g/mol. The van der Waals surface area contributed by atoms with Crippen molar-refractivity contribution < 1.29 is 19.6 Å². The van der Waals surface area contributed by atoms with Crippen molar-refractivity contribution in [2.45, 2.75) is 52.6 Å². The molecular weight excluding hydrogens is 230 g/mol. The highest BCUT2D eigenvalue weighted by molar-refractivity contribution is 5.83. The topological polar surface area (TPSA) is 60.0 Å². The van der Waals surface area contributed by atoms with Crippen LogP contribution >= 0.6 is 0 Å². The average Bonchev–Trinajstić information content (AvgIpc) is 2.29. The van der Waals surface area contributed by atoms with Crippen molar-refractivity contribution in [1.29, 1.82) is 0 Å². The summed E-state index contributed by atoms with van der Waals surface area (Å²) in [5.41, 5.74) is -0.415. The summed E-state index contributed by atoms with van der Waals surface area (Å²) in [6.07, 6.45) is 2.36. The minimum Gasteiger partial charge on any atom is -0.459 e. The predicted octanol–water partition coefficient (Wildman–Crippen LogP) is 0.897. The van der Waals surface area contributed by atoms with Gasteiger partial charge >= 0.3 is 5.97 Å². The Morgan fingerprint density at radius 2 is 1.89 bits per heavy atom. The third kappa shape index (κ3) is 4.41. The van der Waals surface area contributed by atoms with Crippen molar-refractivity contribution in [3.8, 4) is 0 Å². The fourth-order valence-electron chi connectivity index (χ4n) is 2.43. The predicted molar refractivity (Wildman–Crippen MR) is 69.0 cm³/mol. The smallest absolute Gasteiger partial charge is 0.307 e. The summed E-state index contributed by atoms with van der Waals surface area (Å²) in [5, 5.41) is 2.30. The van der Waals surface area contributed by atoms with E-state index >= 15 is 0 Å². The molecule has 4 nitrogen and oxygen atoms in total. The number of carbonyl (C=O) groups excluding carboxylic acids is 2. The number of nitrogens with two attached hydrogens (primary N) is 1. The zero-order chi connectivity index (χ0) is 13.8. The van der Waals surface area contributed by atoms with Gasteiger partial charge in [0.1, 0.15) is 11.4 Å². The van der Waals surface area contributed by atoms with E-state index in [0.717, 1.165) is 25.9 Å². The molecule has 2 N–H and O–H groups in total. The van der Waals surface area contributed by atoms with E-state index in [1.165, 1.54) is 6.92 Å². The molecule has 1 aliphatic rings. The van der Waals surface area contributed by atoms with Gasteiger partial charge in [0.25, 0.3) is 0 Å². The molecule has 1 rings (SSSR count). The fourth-order valence-corrected chi connectivity index (χ4v) is 2.43. The molecule has 0 aromatic carbocycles. The number of Topliss-reactive ketones (excluding diaryl/α,β-unsaturated/α-hetero) is 1. The van der Waals surface area contributed by atoms with E-state index in [1.807, 2.05) is 13.8 Å². The molecule has 0 aromatic rings. The Bertz CT molecular complexity index is 306. The lowest BCUT2D eigenvalue weighted by atomic mass is 9.83. The Morgan fingerprint density at radius 1 is 1.33 bits per heavy atom. The second-order valence-corrected chi connectivity index (χ2v) is 5.93. The molecule has 1 atom stereocenters. The number of quaternary nitrogens is 1. The number of hydrogen-bond acceptors (Lipinski definition) is 3. The van der Waals surface area contributed by atoms with Crippen molar-refractivity contribution in [3.05, 3.63) is 0 Å². The molecule has 0 spiro atoms. The highest BCUT2D eigenvalue weighted by Gasteiger charge is 2.35. The lowest BCUT2D eigenvalue weighted by Gasteiger charge is -2.35. The molecule has 1 unspecified atom stereocenters. The van der Waals surface area contributed by atoms with E-state index in [9.17, 15) is 9.59 Å². The SMILES string of the molecule is CC(=O)C(C)CC(=O)OC(C)(C)C1CC[NH2+]CC1. The summed E-state index contributed by atoms with van der Waals surface area (Å²) in [5.74, 6) is -0.0265. The van der Waals surface area contributed by atoms with Crippen LogP contribution < -0.4 is 5.32 Å². The lowest BCUT2D eigenvalue weighted by molar-refractivity contribution is -0.665. The Morgan fingerprint density at radius 3 is 2.39 bits per heavy atom. The Kier molecular flexibility index (Phi) is 5.32. The van der Waals surface area contributed by atoms with E-state index in [4.69, 9.17) is 4.74 Å². The maximum absolute atomic E-state index is 11.8. The number of hydrogen-bond donors (Lipinski definition) is 1. The first kappa shape index (κ1) is 15.2. The van der Waals surface area contributed by atoms with Crippen LogP contribution in [-0.2, 0) is 14.3 Å². The van der Waals surface area contributed by atoms with E-state index in [0.29, 0.717) is 5.92 Å². The lowest BCUT2D eigenvalue weighted by Crippen LogP contribution is -2.86. The van der Waals surface area contributed by atoms with Crippen LogP contribution in [0.15, 0.2) is 0 Å². The number of ether oxygens (including phenoxy) is 1. The van der Waals surface area contributed by atoms with E-state index in [1.54, 1.807) is 6.92 Å². The summed E-state index contributed by atoms with van der Waals surface area (Å²) < 4.78 is 5.59. The van der Waals surface area contributed by atoms with Gasteiger partial charge in [0, 0.05) is 24.7 Å². The quantitative estimate of drug-likeness (QED) is 0.743. The van der Waals surface area contributed by atoms with E-state index in [-0.39, 0.29) is 24.1 Å². The molecule has 0 saturated carbocycles. The number of carbonyl (C=O) groups is 2. The third-order valence-electron chi connectivity index (χ3n) is 3.97. The molecule has 1 aliphatic heterocycles. The minimum atomic E-state index is -0.415. The second-order valence-electron chi connectivity index (χ2n) is 5.93. The minimum absolute atomic E-state index is 0.0389. The van der Waals surface area contributed by atoms with E-state index < -0.39 is 5.60 Å². The summed E-state index contributed by atoms with van der Waals surface area (Å²) in [7, 11) is 0. The highest BCUT2D eigenvalue weighted by atomic mass is 16.6. The number of rotatable bonds is 5. The van der Waals surface area contributed by atoms with Gasteiger partial charge in [-0.05, 0) is 20.8 Å². The van der Waals surface area contributed by atoms with Crippen LogP contribution in [0.5, 0.6) is 0 Å². The van der Waals surface area contributed by atoms with Crippen molar-refractivity contribution >= 4 is 11.8 Å².